The number of aromatic nitrogens is 4. The molecular formula is C27H42Cl2FN7O10. The second-order valence-electron chi connectivity index (χ2n) is 11.3. The van der Waals surface area contributed by atoms with E-state index in [0.29, 0.717) is 0 Å². The molecule has 17 nitrogen and oxygen atoms in total. The third kappa shape index (κ3) is 11.6. The van der Waals surface area contributed by atoms with Crippen molar-refractivity contribution in [3.63, 3.8) is 0 Å². The largest absolute Gasteiger partial charge is 0.463 e. The van der Waals surface area contributed by atoms with Gasteiger partial charge in [0.2, 0.25) is 5.95 Å². The van der Waals surface area contributed by atoms with Gasteiger partial charge in [0.05, 0.1) is 19.2 Å². The lowest BCUT2D eigenvalue weighted by Crippen LogP contribution is -2.41. The first-order chi connectivity index (χ1) is 21.2. The van der Waals surface area contributed by atoms with Crippen LogP contribution in [0.15, 0.2) is 11.1 Å². The van der Waals surface area contributed by atoms with Crippen LogP contribution in [-0.4, -0.2) is 93.7 Å². The Bertz CT molecular complexity index is 1400. The zero-order valence-corrected chi connectivity index (χ0v) is 27.9. The number of nitrogens with zero attached hydrogens (tertiary/aromatic N) is 3. The van der Waals surface area contributed by atoms with Crippen LogP contribution in [-0.2, 0) is 42.9 Å². The number of imidazole rings is 1. The number of nitrogen functional groups attached to an aromatic ring is 1. The molecule has 1 saturated heterocycles. The van der Waals surface area contributed by atoms with Crippen molar-refractivity contribution in [2.75, 3.05) is 25.6 Å². The van der Waals surface area contributed by atoms with E-state index in [9.17, 15) is 28.4 Å². The molecule has 0 radical (unpaired) electrons. The first-order valence-corrected chi connectivity index (χ1v) is 14.4. The Morgan fingerprint density at radius 1 is 1.00 bits per heavy atom. The van der Waals surface area contributed by atoms with E-state index in [-0.39, 0.29) is 60.2 Å². The van der Waals surface area contributed by atoms with Gasteiger partial charge in [0, 0.05) is 6.42 Å². The lowest BCUT2D eigenvalue weighted by Gasteiger charge is -2.21. The summed E-state index contributed by atoms with van der Waals surface area (Å²) in [6, 6.07) is -1.84. The minimum atomic E-state index is -1.52. The first kappa shape index (κ1) is 41.4. The summed E-state index contributed by atoms with van der Waals surface area (Å²) in [6.07, 6.45) is -4.46. The molecule has 3 rings (SSSR count). The van der Waals surface area contributed by atoms with Gasteiger partial charge in [0.15, 0.2) is 17.3 Å². The van der Waals surface area contributed by atoms with Crippen LogP contribution in [0.3, 0.4) is 0 Å². The van der Waals surface area contributed by atoms with Gasteiger partial charge in [-0.3, -0.25) is 33.5 Å². The Kier molecular flexibility index (Phi) is 16.5. The zero-order chi connectivity index (χ0) is 33.4. The van der Waals surface area contributed by atoms with Crippen molar-refractivity contribution in [2.45, 2.75) is 83.6 Å². The molecule has 0 amide bonds. The molecule has 2 aromatic heterocycles. The summed E-state index contributed by atoms with van der Waals surface area (Å²) in [5.74, 6) is -3.76. The number of hydrogen-bond donors (Lipinski definition) is 4. The number of halogens is 3. The third-order valence-electron chi connectivity index (χ3n) is 6.97. The van der Waals surface area contributed by atoms with Gasteiger partial charge in [-0.15, -0.1) is 24.8 Å². The predicted octanol–water partition coefficient (Wildman–Crippen LogP) is 0.459. The summed E-state index contributed by atoms with van der Waals surface area (Å²) >= 11 is 0. The Balaban J connectivity index is 0.00000552. The van der Waals surface area contributed by atoms with Gasteiger partial charge in [0.1, 0.15) is 50.4 Å². The van der Waals surface area contributed by atoms with Crippen molar-refractivity contribution in [2.24, 2.45) is 23.3 Å². The number of fused-ring (bicyclic) bond motifs is 1. The minimum Gasteiger partial charge on any atom is -0.463 e. The van der Waals surface area contributed by atoms with E-state index in [0.717, 1.165) is 0 Å². The van der Waals surface area contributed by atoms with Crippen molar-refractivity contribution in [3.8, 4) is 0 Å². The summed E-state index contributed by atoms with van der Waals surface area (Å²) in [5.41, 5.74) is 16.7. The zero-order valence-electron chi connectivity index (χ0n) is 26.3. The average Bonchev–Trinajstić information content (AvgIpc) is 3.57. The summed E-state index contributed by atoms with van der Waals surface area (Å²) in [4.78, 5) is 71.4. The van der Waals surface area contributed by atoms with E-state index in [1.807, 2.05) is 0 Å². The maximum atomic E-state index is 14.7. The van der Waals surface area contributed by atoms with Gasteiger partial charge in [-0.2, -0.15) is 4.98 Å². The Morgan fingerprint density at radius 2 is 1.55 bits per heavy atom. The molecular weight excluding hydrogens is 672 g/mol. The summed E-state index contributed by atoms with van der Waals surface area (Å²) in [5, 5.41) is 0. The topological polar surface area (TPSA) is 256 Å². The maximum absolute atomic E-state index is 14.7. The maximum Gasteiger partial charge on any atom is 0.323 e. The highest BCUT2D eigenvalue weighted by Crippen LogP contribution is 2.32. The molecule has 20 heteroatoms. The highest BCUT2D eigenvalue weighted by molar-refractivity contribution is 5.85. The Hall–Kier alpha value is -3.58. The van der Waals surface area contributed by atoms with Crippen LogP contribution in [0.2, 0.25) is 0 Å². The first-order valence-electron chi connectivity index (χ1n) is 14.4. The monoisotopic (exact) mass is 713 g/mol. The molecule has 7 N–H and O–H groups in total. The lowest BCUT2D eigenvalue weighted by molar-refractivity contribution is -0.169. The summed E-state index contributed by atoms with van der Waals surface area (Å²) < 4.78 is 42.4. The summed E-state index contributed by atoms with van der Waals surface area (Å²) in [7, 11) is 0. The van der Waals surface area contributed by atoms with Crippen molar-refractivity contribution < 1.29 is 47.3 Å². The van der Waals surface area contributed by atoms with Gasteiger partial charge in [-0.25, -0.2) is 9.37 Å². The fourth-order valence-electron chi connectivity index (χ4n) is 4.06. The van der Waals surface area contributed by atoms with Crippen LogP contribution in [0.5, 0.6) is 0 Å². The number of rotatable bonds is 15. The number of aromatic amines is 1. The van der Waals surface area contributed by atoms with Gasteiger partial charge in [0.25, 0.3) is 5.56 Å². The van der Waals surface area contributed by atoms with Crippen LogP contribution in [0, 0.1) is 11.8 Å². The number of anilines is 1. The van der Waals surface area contributed by atoms with Crippen molar-refractivity contribution in [1.82, 2.24) is 19.5 Å². The molecule has 0 aliphatic carbocycles. The number of hydrogen-bond acceptors (Lipinski definition) is 15. The average molecular weight is 715 g/mol. The number of nitrogens with one attached hydrogen (secondary N) is 1. The van der Waals surface area contributed by atoms with E-state index < -0.39 is 98.8 Å². The number of esters is 4. The molecule has 5 atom stereocenters. The second kappa shape index (κ2) is 18.7. The Labute approximate surface area is 281 Å². The molecule has 0 saturated carbocycles. The number of alkyl halides is 1. The van der Waals surface area contributed by atoms with Crippen LogP contribution in [0.25, 0.3) is 11.2 Å². The fourth-order valence-corrected chi connectivity index (χ4v) is 4.06. The van der Waals surface area contributed by atoms with E-state index in [4.69, 9.17) is 40.9 Å². The highest BCUT2D eigenvalue weighted by Gasteiger charge is 2.38. The molecule has 266 valence electrons. The van der Waals surface area contributed by atoms with Crippen molar-refractivity contribution in [1.29, 1.82) is 0 Å². The van der Waals surface area contributed by atoms with Crippen LogP contribution in [0.1, 0.15) is 53.2 Å². The van der Waals surface area contributed by atoms with Gasteiger partial charge < -0.3 is 40.9 Å². The van der Waals surface area contributed by atoms with Gasteiger partial charge >= 0.3 is 23.9 Å². The molecule has 1 aliphatic heterocycles. The molecule has 0 spiro atoms. The third-order valence-corrected chi connectivity index (χ3v) is 6.97. The molecule has 47 heavy (non-hydrogen) atoms. The standard InChI is InChI=1S/C27H40FN7O10.2ClH/c1-12(2)20(29)25(39)42-8-14(9-43-26(40)21(30)13(3)4)44-19(37)6-5-18(36)41-10-16-15(28)7-17(45-16)35-11-32-22-23(35)33-27(31)34-24(22)38;;/h11-17,20-21H,5-10,29-30H2,1-4H3,(H3,31,33,34,38);2*1H/t15-,16+,17+,20-,21-;;/m0../s1. The predicted molar refractivity (Wildman–Crippen MR) is 168 cm³/mol. The van der Waals surface area contributed by atoms with Crippen LogP contribution < -0.4 is 22.8 Å². The molecule has 1 fully saturated rings. The lowest BCUT2D eigenvalue weighted by atomic mass is 10.1. The van der Waals surface area contributed by atoms with E-state index in [2.05, 4.69) is 15.0 Å². The summed E-state index contributed by atoms with van der Waals surface area (Å²) in [6.45, 7) is 5.53. The number of H-pyrrole nitrogens is 1. The quantitative estimate of drug-likeness (QED) is 0.144. The molecule has 0 aromatic carbocycles. The Morgan fingerprint density at radius 3 is 2.11 bits per heavy atom. The van der Waals surface area contributed by atoms with E-state index >= 15 is 0 Å². The number of carbonyl (C=O) groups excluding carboxylic acids is 4. The van der Waals surface area contributed by atoms with Crippen LogP contribution in [0.4, 0.5) is 10.3 Å². The fraction of sp³-hybridized carbons (Fsp3) is 0.667. The molecule has 2 aromatic rings. The van der Waals surface area contributed by atoms with Gasteiger partial charge in [-0.1, -0.05) is 27.7 Å². The smallest absolute Gasteiger partial charge is 0.323 e. The number of ether oxygens (including phenoxy) is 5. The van der Waals surface area contributed by atoms with Crippen molar-refractivity contribution in [3.05, 3.63) is 16.7 Å². The highest BCUT2D eigenvalue weighted by atomic mass is 35.5. The van der Waals surface area contributed by atoms with E-state index in [1.54, 1.807) is 27.7 Å². The van der Waals surface area contributed by atoms with Crippen molar-refractivity contribution >= 4 is 65.8 Å². The molecule has 0 bridgehead atoms. The van der Waals surface area contributed by atoms with Crippen LogP contribution >= 0.6 is 24.8 Å². The minimum absolute atomic E-state index is 0. The van der Waals surface area contributed by atoms with E-state index in [1.165, 1.54) is 10.9 Å². The normalized spacial score (nSPS) is 18.7. The number of nitrogens with two attached hydrogens (primary N) is 3. The molecule has 0 unspecified atom stereocenters. The van der Waals surface area contributed by atoms with Gasteiger partial charge in [-0.05, 0) is 11.8 Å². The second-order valence-corrected chi connectivity index (χ2v) is 11.3. The number of carbonyl (C=O) groups is 4. The molecule has 3 heterocycles. The molecule has 1 aliphatic rings. The SMILES string of the molecule is CC(C)[C@H](N)C(=O)OCC(COC(=O)[C@@H](N)C(C)C)OC(=O)CCC(=O)OC[C@H]1O[C@@H](n2cnc3c(=O)[nH]c(N)nc32)C[C@@H]1F.Cl.Cl.